The molecule has 1 amide bonds. The molecular formula is C13H18ClFN2O. The van der Waals surface area contributed by atoms with Gasteiger partial charge in [-0.05, 0) is 43.7 Å². The van der Waals surface area contributed by atoms with Gasteiger partial charge in [-0.25, -0.2) is 4.39 Å². The minimum Gasteiger partial charge on any atom is -0.319 e. The number of hydrogen-bond acceptors (Lipinski definition) is 2. The van der Waals surface area contributed by atoms with Crippen LogP contribution in [0, 0.1) is 5.82 Å². The molecule has 1 aliphatic rings. The highest BCUT2D eigenvalue weighted by Gasteiger charge is 2.22. The first-order valence-corrected chi connectivity index (χ1v) is 5.96. The zero-order valence-corrected chi connectivity index (χ0v) is 11.2. The van der Waals surface area contributed by atoms with Crippen LogP contribution in [0.1, 0.15) is 18.4 Å². The van der Waals surface area contributed by atoms with Gasteiger partial charge in [0.1, 0.15) is 5.82 Å². The summed E-state index contributed by atoms with van der Waals surface area (Å²) in [5.41, 5.74) is 1.81. The Morgan fingerprint density at radius 3 is 3.00 bits per heavy atom. The average molecular weight is 273 g/mol. The Kier molecular flexibility index (Phi) is 5.56. The topological polar surface area (TPSA) is 32.3 Å². The largest absolute Gasteiger partial charge is 0.319 e. The molecule has 0 fully saturated rings. The number of fused-ring (bicyclic) bond motifs is 1. The average Bonchev–Trinajstić information content (AvgIpc) is 2.34. The van der Waals surface area contributed by atoms with Crippen molar-refractivity contribution in [1.29, 1.82) is 0 Å². The number of carbonyl (C=O) groups excluding carboxylic acids is 1. The van der Waals surface area contributed by atoms with Crippen molar-refractivity contribution in [2.24, 2.45) is 0 Å². The predicted molar refractivity (Wildman–Crippen MR) is 72.9 cm³/mol. The molecule has 1 N–H and O–H groups in total. The fourth-order valence-electron chi connectivity index (χ4n) is 2.19. The van der Waals surface area contributed by atoms with Gasteiger partial charge >= 0.3 is 0 Å². The van der Waals surface area contributed by atoms with Crippen LogP contribution in [0.4, 0.5) is 10.1 Å². The van der Waals surface area contributed by atoms with Crippen LogP contribution < -0.4 is 10.2 Å². The van der Waals surface area contributed by atoms with Crippen molar-refractivity contribution in [2.75, 3.05) is 25.0 Å². The fraction of sp³-hybridized carbons (Fsp3) is 0.462. The fourth-order valence-corrected chi connectivity index (χ4v) is 2.19. The van der Waals surface area contributed by atoms with Crippen molar-refractivity contribution in [3.05, 3.63) is 29.6 Å². The molecule has 3 nitrogen and oxygen atoms in total. The monoisotopic (exact) mass is 272 g/mol. The van der Waals surface area contributed by atoms with Crippen molar-refractivity contribution in [2.45, 2.75) is 19.3 Å². The summed E-state index contributed by atoms with van der Waals surface area (Å²) in [5.74, 6) is -0.125. The quantitative estimate of drug-likeness (QED) is 0.914. The summed E-state index contributed by atoms with van der Waals surface area (Å²) in [6, 6.07) is 4.66. The van der Waals surface area contributed by atoms with E-state index in [1.165, 1.54) is 12.1 Å². The van der Waals surface area contributed by atoms with Gasteiger partial charge in [-0.1, -0.05) is 0 Å². The van der Waals surface area contributed by atoms with Crippen LogP contribution in [-0.2, 0) is 11.2 Å². The van der Waals surface area contributed by atoms with Gasteiger partial charge in [0.25, 0.3) is 0 Å². The van der Waals surface area contributed by atoms with E-state index < -0.39 is 0 Å². The van der Waals surface area contributed by atoms with Gasteiger partial charge in [0, 0.05) is 25.2 Å². The standard InChI is InChI=1S/C13H17FN2O.ClH/c1-15-7-6-13(17)16-8-2-3-10-9-11(14)4-5-12(10)16;/h4-5,9,15H,2-3,6-8H2,1H3;1H. The molecular weight excluding hydrogens is 255 g/mol. The van der Waals surface area contributed by atoms with E-state index in [0.29, 0.717) is 13.0 Å². The normalized spacial score (nSPS) is 13.8. The molecule has 0 bridgehead atoms. The predicted octanol–water partition coefficient (Wildman–Crippen LogP) is 2.14. The van der Waals surface area contributed by atoms with Crippen LogP contribution in [0.25, 0.3) is 0 Å². The SMILES string of the molecule is CNCCC(=O)N1CCCc2cc(F)ccc21.Cl. The second-order valence-corrected chi connectivity index (χ2v) is 4.28. The van der Waals surface area contributed by atoms with Crippen LogP contribution in [0.2, 0.25) is 0 Å². The minimum absolute atomic E-state index is 0. The second-order valence-electron chi connectivity index (χ2n) is 4.28. The molecule has 0 saturated heterocycles. The summed E-state index contributed by atoms with van der Waals surface area (Å²) in [7, 11) is 1.83. The van der Waals surface area contributed by atoms with E-state index in [0.717, 1.165) is 30.6 Å². The van der Waals surface area contributed by atoms with Crippen molar-refractivity contribution < 1.29 is 9.18 Å². The number of anilines is 1. The molecule has 1 aromatic carbocycles. The third-order valence-corrected chi connectivity index (χ3v) is 3.05. The van der Waals surface area contributed by atoms with E-state index in [1.54, 1.807) is 11.0 Å². The highest BCUT2D eigenvalue weighted by molar-refractivity contribution is 5.94. The Hall–Kier alpha value is -1.13. The van der Waals surface area contributed by atoms with Gasteiger partial charge < -0.3 is 10.2 Å². The van der Waals surface area contributed by atoms with Gasteiger partial charge in [0.15, 0.2) is 0 Å². The smallest absolute Gasteiger partial charge is 0.228 e. The Labute approximate surface area is 113 Å². The number of hydrogen-bond donors (Lipinski definition) is 1. The molecule has 0 aromatic heterocycles. The number of halogens is 2. The van der Waals surface area contributed by atoms with E-state index in [1.807, 2.05) is 7.05 Å². The van der Waals surface area contributed by atoms with E-state index in [-0.39, 0.29) is 24.1 Å². The Balaban J connectivity index is 0.00000162. The number of benzene rings is 1. The minimum atomic E-state index is -0.228. The number of rotatable bonds is 3. The Morgan fingerprint density at radius 1 is 1.50 bits per heavy atom. The number of carbonyl (C=O) groups is 1. The zero-order valence-electron chi connectivity index (χ0n) is 10.4. The van der Waals surface area contributed by atoms with Crippen molar-refractivity contribution in [1.82, 2.24) is 5.32 Å². The summed E-state index contributed by atoms with van der Waals surface area (Å²) >= 11 is 0. The Morgan fingerprint density at radius 2 is 2.28 bits per heavy atom. The molecule has 100 valence electrons. The lowest BCUT2D eigenvalue weighted by Gasteiger charge is -2.29. The number of nitrogens with zero attached hydrogens (tertiary/aromatic N) is 1. The van der Waals surface area contributed by atoms with E-state index >= 15 is 0 Å². The third-order valence-electron chi connectivity index (χ3n) is 3.05. The maximum Gasteiger partial charge on any atom is 0.228 e. The van der Waals surface area contributed by atoms with Gasteiger partial charge in [-0.3, -0.25) is 4.79 Å². The first kappa shape index (κ1) is 14.9. The van der Waals surface area contributed by atoms with Gasteiger partial charge in [-0.2, -0.15) is 0 Å². The lowest BCUT2D eigenvalue weighted by Crippen LogP contribution is -2.36. The maximum atomic E-state index is 13.1. The van der Waals surface area contributed by atoms with Crippen molar-refractivity contribution in [3.8, 4) is 0 Å². The van der Waals surface area contributed by atoms with Crippen LogP contribution in [0.5, 0.6) is 0 Å². The molecule has 0 saturated carbocycles. The number of amides is 1. The molecule has 5 heteroatoms. The van der Waals surface area contributed by atoms with Crippen LogP contribution in [-0.4, -0.2) is 26.0 Å². The van der Waals surface area contributed by atoms with Crippen LogP contribution in [0.15, 0.2) is 18.2 Å². The molecule has 18 heavy (non-hydrogen) atoms. The lowest BCUT2D eigenvalue weighted by atomic mass is 10.0. The van der Waals surface area contributed by atoms with Crippen LogP contribution in [0.3, 0.4) is 0 Å². The summed E-state index contributed by atoms with van der Waals surface area (Å²) in [5, 5.41) is 2.96. The third kappa shape index (κ3) is 3.21. The number of nitrogens with one attached hydrogen (secondary N) is 1. The zero-order chi connectivity index (χ0) is 12.3. The maximum absolute atomic E-state index is 13.1. The van der Waals surface area contributed by atoms with E-state index in [2.05, 4.69) is 5.32 Å². The molecule has 0 radical (unpaired) electrons. The molecule has 1 aliphatic heterocycles. The number of aryl methyl sites for hydroxylation is 1. The van der Waals surface area contributed by atoms with E-state index in [4.69, 9.17) is 0 Å². The summed E-state index contributed by atoms with van der Waals surface area (Å²) in [6.07, 6.45) is 2.23. The first-order valence-electron chi connectivity index (χ1n) is 5.96. The second kappa shape index (κ2) is 6.71. The molecule has 1 aromatic rings. The van der Waals surface area contributed by atoms with Crippen molar-refractivity contribution >= 4 is 24.0 Å². The van der Waals surface area contributed by atoms with Crippen molar-refractivity contribution in [3.63, 3.8) is 0 Å². The molecule has 0 atom stereocenters. The highest BCUT2D eigenvalue weighted by Crippen LogP contribution is 2.28. The van der Waals surface area contributed by atoms with E-state index in [9.17, 15) is 9.18 Å². The van der Waals surface area contributed by atoms with Gasteiger partial charge in [0.05, 0.1) is 0 Å². The lowest BCUT2D eigenvalue weighted by molar-refractivity contribution is -0.118. The molecule has 0 unspecified atom stereocenters. The van der Waals surface area contributed by atoms with Gasteiger partial charge in [0.2, 0.25) is 5.91 Å². The van der Waals surface area contributed by atoms with Crippen LogP contribution >= 0.6 is 12.4 Å². The highest BCUT2D eigenvalue weighted by atomic mass is 35.5. The molecule has 0 spiro atoms. The molecule has 0 aliphatic carbocycles. The summed E-state index contributed by atoms with van der Waals surface area (Å²) in [6.45, 7) is 1.41. The Bertz CT molecular complexity index is 425. The van der Waals surface area contributed by atoms with Gasteiger partial charge in [-0.15, -0.1) is 12.4 Å². The summed E-state index contributed by atoms with van der Waals surface area (Å²) in [4.78, 5) is 13.8. The molecule has 2 rings (SSSR count). The summed E-state index contributed by atoms with van der Waals surface area (Å²) < 4.78 is 13.1. The first-order chi connectivity index (χ1) is 8.22. The molecule has 1 heterocycles.